The Morgan fingerprint density at radius 2 is 2.00 bits per heavy atom. The number of aromatic nitrogens is 2. The van der Waals surface area contributed by atoms with Gasteiger partial charge in [0.15, 0.2) is 0 Å². The molecule has 0 radical (unpaired) electrons. The quantitative estimate of drug-likeness (QED) is 0.875. The number of nitrogens with one attached hydrogen (secondary N) is 2. The number of hydrogen-bond acceptors (Lipinski definition) is 2. The standard InChI is InChI=1S/C17H25N3/c1-3-13-8-10-14(11-9-13)18-12(2)17-19-15-6-4-5-7-16(15)20-17/h4-7,12-14,18H,3,8-11H2,1-2H3,(H,19,20). The number of hydrogen-bond donors (Lipinski definition) is 2. The molecule has 1 fully saturated rings. The van der Waals surface area contributed by atoms with Crippen molar-refractivity contribution in [1.82, 2.24) is 15.3 Å². The van der Waals surface area contributed by atoms with Crippen LogP contribution in [0.1, 0.15) is 57.8 Å². The number of fused-ring (bicyclic) bond motifs is 1. The van der Waals surface area contributed by atoms with E-state index in [1.165, 1.54) is 32.1 Å². The summed E-state index contributed by atoms with van der Waals surface area (Å²) >= 11 is 0. The van der Waals surface area contributed by atoms with E-state index in [4.69, 9.17) is 4.98 Å². The first kappa shape index (κ1) is 13.6. The molecule has 1 aromatic carbocycles. The van der Waals surface area contributed by atoms with Crippen LogP contribution < -0.4 is 5.32 Å². The Labute approximate surface area is 121 Å². The predicted molar refractivity (Wildman–Crippen MR) is 83.7 cm³/mol. The molecular weight excluding hydrogens is 246 g/mol. The average molecular weight is 271 g/mol. The van der Waals surface area contributed by atoms with E-state index in [0.717, 1.165) is 22.8 Å². The van der Waals surface area contributed by atoms with Gasteiger partial charge in [-0.2, -0.15) is 0 Å². The van der Waals surface area contributed by atoms with E-state index in [1.54, 1.807) is 0 Å². The fourth-order valence-corrected chi connectivity index (χ4v) is 3.35. The maximum Gasteiger partial charge on any atom is 0.124 e. The van der Waals surface area contributed by atoms with Crippen LogP contribution in [0.25, 0.3) is 11.0 Å². The van der Waals surface area contributed by atoms with E-state index in [2.05, 4.69) is 42.3 Å². The molecule has 0 spiro atoms. The third kappa shape index (κ3) is 2.88. The monoisotopic (exact) mass is 271 g/mol. The molecule has 1 aliphatic carbocycles. The van der Waals surface area contributed by atoms with Crippen molar-refractivity contribution in [2.75, 3.05) is 0 Å². The zero-order valence-electron chi connectivity index (χ0n) is 12.5. The van der Waals surface area contributed by atoms with E-state index in [-0.39, 0.29) is 0 Å². The van der Waals surface area contributed by atoms with Crippen molar-refractivity contribution in [3.8, 4) is 0 Å². The molecule has 3 rings (SSSR count). The number of imidazole rings is 1. The highest BCUT2D eigenvalue weighted by Crippen LogP contribution is 2.28. The van der Waals surface area contributed by atoms with Crippen molar-refractivity contribution < 1.29 is 0 Å². The lowest BCUT2D eigenvalue weighted by atomic mass is 9.84. The van der Waals surface area contributed by atoms with Gasteiger partial charge in [-0.15, -0.1) is 0 Å². The highest BCUT2D eigenvalue weighted by Gasteiger charge is 2.22. The molecule has 1 aliphatic rings. The molecular formula is C17H25N3. The SMILES string of the molecule is CCC1CCC(NC(C)c2nc3ccccc3[nH]2)CC1. The van der Waals surface area contributed by atoms with Gasteiger partial charge in [0, 0.05) is 6.04 Å². The van der Waals surface area contributed by atoms with Crippen LogP contribution in [0.5, 0.6) is 0 Å². The van der Waals surface area contributed by atoms with E-state index >= 15 is 0 Å². The van der Waals surface area contributed by atoms with Gasteiger partial charge < -0.3 is 10.3 Å². The van der Waals surface area contributed by atoms with Gasteiger partial charge in [-0.05, 0) is 50.7 Å². The number of rotatable bonds is 4. The van der Waals surface area contributed by atoms with Crippen LogP contribution in [0.3, 0.4) is 0 Å². The Bertz CT molecular complexity index is 519. The molecule has 0 aliphatic heterocycles. The molecule has 3 nitrogen and oxygen atoms in total. The smallest absolute Gasteiger partial charge is 0.124 e. The molecule has 1 heterocycles. The lowest BCUT2D eigenvalue weighted by Gasteiger charge is -2.30. The lowest BCUT2D eigenvalue weighted by Crippen LogP contribution is -2.35. The normalized spacial score (nSPS) is 24.9. The molecule has 2 aromatic rings. The molecule has 1 atom stereocenters. The summed E-state index contributed by atoms with van der Waals surface area (Å²) in [7, 11) is 0. The third-order valence-corrected chi connectivity index (χ3v) is 4.73. The summed E-state index contributed by atoms with van der Waals surface area (Å²) in [6.45, 7) is 4.53. The second kappa shape index (κ2) is 5.96. The number of nitrogens with zero attached hydrogens (tertiary/aromatic N) is 1. The molecule has 1 aromatic heterocycles. The number of aromatic amines is 1. The first-order chi connectivity index (χ1) is 9.76. The Balaban J connectivity index is 1.63. The summed E-state index contributed by atoms with van der Waals surface area (Å²) < 4.78 is 0. The van der Waals surface area contributed by atoms with Crippen LogP contribution in [-0.4, -0.2) is 16.0 Å². The molecule has 1 unspecified atom stereocenters. The molecule has 1 saturated carbocycles. The Kier molecular flexibility index (Phi) is 4.06. The van der Waals surface area contributed by atoms with Crippen LogP contribution in [0.4, 0.5) is 0 Å². The predicted octanol–water partition coefficient (Wildman–Crippen LogP) is 4.18. The van der Waals surface area contributed by atoms with Crippen LogP contribution in [0.15, 0.2) is 24.3 Å². The molecule has 108 valence electrons. The van der Waals surface area contributed by atoms with E-state index in [0.29, 0.717) is 12.1 Å². The third-order valence-electron chi connectivity index (χ3n) is 4.73. The number of H-pyrrole nitrogens is 1. The average Bonchev–Trinajstić information content (AvgIpc) is 2.92. The van der Waals surface area contributed by atoms with Crippen molar-refractivity contribution in [2.24, 2.45) is 5.92 Å². The van der Waals surface area contributed by atoms with Gasteiger partial charge in [-0.1, -0.05) is 25.5 Å². The minimum atomic E-state index is 0.297. The fraction of sp³-hybridized carbons (Fsp3) is 0.588. The maximum absolute atomic E-state index is 4.69. The Morgan fingerprint density at radius 3 is 2.70 bits per heavy atom. The zero-order chi connectivity index (χ0) is 13.9. The lowest BCUT2D eigenvalue weighted by molar-refractivity contribution is 0.271. The summed E-state index contributed by atoms with van der Waals surface area (Å²) in [4.78, 5) is 8.12. The number of para-hydroxylation sites is 2. The van der Waals surface area contributed by atoms with Gasteiger partial charge in [-0.25, -0.2) is 4.98 Å². The van der Waals surface area contributed by atoms with Crippen LogP contribution in [0, 0.1) is 5.92 Å². The summed E-state index contributed by atoms with van der Waals surface area (Å²) in [6, 6.07) is 9.19. The molecule has 3 heteroatoms. The van der Waals surface area contributed by atoms with Crippen molar-refractivity contribution in [2.45, 2.75) is 58.0 Å². The minimum absolute atomic E-state index is 0.297. The maximum atomic E-state index is 4.69. The highest BCUT2D eigenvalue weighted by atomic mass is 15.0. The van der Waals surface area contributed by atoms with Crippen molar-refractivity contribution in [3.63, 3.8) is 0 Å². The van der Waals surface area contributed by atoms with E-state index in [9.17, 15) is 0 Å². The molecule has 0 saturated heterocycles. The second-order valence-electron chi connectivity index (χ2n) is 6.15. The van der Waals surface area contributed by atoms with Crippen molar-refractivity contribution in [1.29, 1.82) is 0 Å². The summed E-state index contributed by atoms with van der Waals surface area (Å²) in [5.41, 5.74) is 2.19. The van der Waals surface area contributed by atoms with Gasteiger partial charge in [0.05, 0.1) is 17.1 Å². The van der Waals surface area contributed by atoms with E-state index in [1.807, 2.05) is 6.07 Å². The van der Waals surface area contributed by atoms with Gasteiger partial charge in [0.2, 0.25) is 0 Å². The molecule has 2 N–H and O–H groups in total. The van der Waals surface area contributed by atoms with Gasteiger partial charge in [0.1, 0.15) is 5.82 Å². The van der Waals surface area contributed by atoms with Crippen molar-refractivity contribution >= 4 is 11.0 Å². The van der Waals surface area contributed by atoms with Gasteiger partial charge in [-0.3, -0.25) is 0 Å². The van der Waals surface area contributed by atoms with Gasteiger partial charge >= 0.3 is 0 Å². The fourth-order valence-electron chi connectivity index (χ4n) is 3.35. The van der Waals surface area contributed by atoms with E-state index < -0.39 is 0 Å². The largest absolute Gasteiger partial charge is 0.341 e. The van der Waals surface area contributed by atoms with Crippen molar-refractivity contribution in [3.05, 3.63) is 30.1 Å². The summed E-state index contributed by atoms with van der Waals surface area (Å²) in [6.07, 6.45) is 6.71. The molecule has 20 heavy (non-hydrogen) atoms. The number of benzene rings is 1. The first-order valence-electron chi connectivity index (χ1n) is 7.97. The summed E-state index contributed by atoms with van der Waals surface area (Å²) in [5, 5.41) is 3.75. The topological polar surface area (TPSA) is 40.7 Å². The minimum Gasteiger partial charge on any atom is -0.341 e. The molecule has 0 amide bonds. The first-order valence-corrected chi connectivity index (χ1v) is 7.97. The second-order valence-corrected chi connectivity index (χ2v) is 6.15. The summed E-state index contributed by atoms with van der Waals surface area (Å²) in [5.74, 6) is 2.01. The zero-order valence-corrected chi connectivity index (χ0v) is 12.5. The van der Waals surface area contributed by atoms with Gasteiger partial charge in [0.25, 0.3) is 0 Å². The molecule has 0 bridgehead atoms. The van der Waals surface area contributed by atoms with Crippen LogP contribution >= 0.6 is 0 Å². The van der Waals surface area contributed by atoms with Crippen LogP contribution in [0.2, 0.25) is 0 Å². The van der Waals surface area contributed by atoms with Crippen LogP contribution in [-0.2, 0) is 0 Å². The Hall–Kier alpha value is -1.35. The Morgan fingerprint density at radius 1 is 1.25 bits per heavy atom. The highest BCUT2D eigenvalue weighted by molar-refractivity contribution is 5.74.